The van der Waals surface area contributed by atoms with Crippen molar-refractivity contribution in [3.8, 4) is 0 Å². The number of guanidine groups is 1. The van der Waals surface area contributed by atoms with Crippen molar-refractivity contribution in [1.82, 2.24) is 24.9 Å². The lowest BCUT2D eigenvalue weighted by atomic mass is 10.2. The van der Waals surface area contributed by atoms with Gasteiger partial charge in [-0.3, -0.25) is 9.67 Å². The minimum absolute atomic E-state index is 0.223. The first kappa shape index (κ1) is 16.6. The van der Waals surface area contributed by atoms with Crippen molar-refractivity contribution in [2.45, 2.75) is 39.0 Å². The fourth-order valence-electron chi connectivity index (χ4n) is 2.97. The average Bonchev–Trinajstić information content (AvgIpc) is 3.09. The molecule has 1 amide bonds. The number of carbonyl (C=O) groups excluding carboxylic acids is 1. The summed E-state index contributed by atoms with van der Waals surface area (Å²) in [5.41, 5.74) is 0.643. The summed E-state index contributed by atoms with van der Waals surface area (Å²) >= 11 is 0. The quantitative estimate of drug-likeness (QED) is 0.866. The van der Waals surface area contributed by atoms with Crippen LogP contribution >= 0.6 is 0 Å². The third-order valence-electron chi connectivity index (χ3n) is 4.21. The van der Waals surface area contributed by atoms with Gasteiger partial charge >= 0.3 is 6.09 Å². The molecule has 1 atom stereocenters. The number of rotatable bonds is 2. The van der Waals surface area contributed by atoms with Gasteiger partial charge in [-0.2, -0.15) is 5.10 Å². The van der Waals surface area contributed by atoms with E-state index in [0.29, 0.717) is 26.2 Å². The van der Waals surface area contributed by atoms with E-state index in [1.165, 1.54) is 0 Å². The van der Waals surface area contributed by atoms with Crippen LogP contribution in [-0.4, -0.2) is 69.5 Å². The summed E-state index contributed by atoms with van der Waals surface area (Å²) in [5, 5.41) is 7.55. The third kappa shape index (κ3) is 3.63. The molecule has 0 aliphatic carbocycles. The fraction of sp³-hybridized carbons (Fsp3) is 0.688. The Labute approximate surface area is 142 Å². The van der Waals surface area contributed by atoms with Crippen molar-refractivity contribution >= 4 is 12.1 Å². The molecule has 1 aromatic heterocycles. The Hall–Kier alpha value is -2.25. The highest BCUT2D eigenvalue weighted by Crippen LogP contribution is 2.18. The van der Waals surface area contributed by atoms with E-state index in [1.807, 2.05) is 38.6 Å². The Bertz CT molecular complexity index is 633. The molecule has 3 heterocycles. The molecule has 1 aromatic rings. The molecule has 0 radical (unpaired) electrons. The molecule has 0 saturated carbocycles. The topological polar surface area (TPSA) is 75.0 Å². The average molecular weight is 334 g/mol. The highest BCUT2D eigenvalue weighted by molar-refractivity contribution is 5.82. The summed E-state index contributed by atoms with van der Waals surface area (Å²) in [5.74, 6) is 0.907. The van der Waals surface area contributed by atoms with Crippen molar-refractivity contribution in [3.05, 3.63) is 18.0 Å². The van der Waals surface area contributed by atoms with Gasteiger partial charge in [-0.1, -0.05) is 0 Å². The second kappa shape index (κ2) is 6.33. The Morgan fingerprint density at radius 1 is 1.42 bits per heavy atom. The molecule has 132 valence electrons. The maximum atomic E-state index is 12.2. The lowest BCUT2D eigenvalue weighted by Gasteiger charge is -2.39. The van der Waals surface area contributed by atoms with Crippen LogP contribution in [0.3, 0.4) is 0 Å². The van der Waals surface area contributed by atoms with Crippen LogP contribution in [0, 0.1) is 0 Å². The van der Waals surface area contributed by atoms with Crippen LogP contribution in [0.1, 0.15) is 26.5 Å². The number of aliphatic imine (C=N–C) groups is 1. The normalized spacial score (nSPS) is 20.7. The van der Waals surface area contributed by atoms with Gasteiger partial charge in [0.05, 0.1) is 24.8 Å². The second-order valence-electron chi connectivity index (χ2n) is 7.24. The largest absolute Gasteiger partial charge is 0.444 e. The molecule has 1 N–H and O–H groups in total. The van der Waals surface area contributed by atoms with E-state index in [-0.39, 0.29) is 12.1 Å². The van der Waals surface area contributed by atoms with E-state index in [0.717, 1.165) is 18.2 Å². The molecule has 0 aromatic carbocycles. The summed E-state index contributed by atoms with van der Waals surface area (Å²) in [6.07, 6.45) is 1.55. The molecule has 1 saturated heterocycles. The van der Waals surface area contributed by atoms with Gasteiger partial charge in [0.1, 0.15) is 5.60 Å². The number of nitrogens with zero attached hydrogens (tertiary/aromatic N) is 5. The van der Waals surface area contributed by atoms with Crippen LogP contribution in [0.5, 0.6) is 0 Å². The molecular formula is C16H26N6O2. The van der Waals surface area contributed by atoms with E-state index < -0.39 is 5.60 Å². The smallest absolute Gasteiger partial charge is 0.410 e. The molecule has 0 spiro atoms. The molecule has 1 unspecified atom stereocenters. The van der Waals surface area contributed by atoms with Gasteiger partial charge < -0.3 is 19.9 Å². The van der Waals surface area contributed by atoms with E-state index in [2.05, 4.69) is 20.3 Å². The van der Waals surface area contributed by atoms with Crippen molar-refractivity contribution < 1.29 is 9.53 Å². The second-order valence-corrected chi connectivity index (χ2v) is 7.24. The van der Waals surface area contributed by atoms with Gasteiger partial charge in [0.25, 0.3) is 0 Å². The predicted molar refractivity (Wildman–Crippen MR) is 90.7 cm³/mol. The number of fused-ring (bicyclic) bond motifs is 1. The van der Waals surface area contributed by atoms with Gasteiger partial charge in [-0.25, -0.2) is 4.79 Å². The zero-order valence-electron chi connectivity index (χ0n) is 14.8. The number of hydrogen-bond acceptors (Lipinski definition) is 6. The van der Waals surface area contributed by atoms with Gasteiger partial charge in [0.2, 0.25) is 0 Å². The molecular weight excluding hydrogens is 308 g/mol. The van der Waals surface area contributed by atoms with Gasteiger partial charge in [-0.05, 0) is 26.8 Å². The van der Waals surface area contributed by atoms with Crippen molar-refractivity contribution in [2.75, 3.05) is 26.2 Å². The lowest BCUT2D eigenvalue weighted by molar-refractivity contribution is 0.0137. The van der Waals surface area contributed by atoms with Crippen molar-refractivity contribution in [1.29, 1.82) is 0 Å². The van der Waals surface area contributed by atoms with Crippen LogP contribution in [0.25, 0.3) is 0 Å². The first-order valence-electron chi connectivity index (χ1n) is 8.33. The predicted octanol–water partition coefficient (Wildman–Crippen LogP) is 0.801. The van der Waals surface area contributed by atoms with E-state index >= 15 is 0 Å². The Morgan fingerprint density at radius 3 is 2.88 bits per heavy atom. The third-order valence-corrected chi connectivity index (χ3v) is 4.21. The first-order chi connectivity index (χ1) is 11.3. The number of hydrogen-bond donors (Lipinski definition) is 1. The molecule has 2 aliphatic rings. The van der Waals surface area contributed by atoms with E-state index in [9.17, 15) is 4.79 Å². The molecule has 8 heteroatoms. The van der Waals surface area contributed by atoms with E-state index in [4.69, 9.17) is 4.74 Å². The summed E-state index contributed by atoms with van der Waals surface area (Å²) in [6, 6.07) is 2.21. The minimum atomic E-state index is -0.462. The zero-order chi connectivity index (χ0) is 17.3. The van der Waals surface area contributed by atoms with Gasteiger partial charge in [-0.15, -0.1) is 0 Å². The minimum Gasteiger partial charge on any atom is -0.444 e. The molecule has 24 heavy (non-hydrogen) atoms. The molecule has 1 fully saturated rings. The van der Waals surface area contributed by atoms with Crippen molar-refractivity contribution in [3.63, 3.8) is 0 Å². The molecule has 0 bridgehead atoms. The highest BCUT2D eigenvalue weighted by Gasteiger charge is 2.36. The van der Waals surface area contributed by atoms with Crippen LogP contribution in [0.4, 0.5) is 4.79 Å². The Morgan fingerprint density at radius 2 is 2.21 bits per heavy atom. The summed E-state index contributed by atoms with van der Waals surface area (Å²) in [6.45, 7) is 9.12. The van der Waals surface area contributed by atoms with Gasteiger partial charge in [0.15, 0.2) is 5.96 Å². The SMILES string of the molecule is Cn1nccc1CNC1=NCC2CN(C(=O)OC(C)(C)C)CCN12. The van der Waals surface area contributed by atoms with Crippen LogP contribution in [-0.2, 0) is 18.3 Å². The number of ether oxygens (including phenoxy) is 1. The highest BCUT2D eigenvalue weighted by atomic mass is 16.6. The lowest BCUT2D eigenvalue weighted by Crippen LogP contribution is -2.57. The van der Waals surface area contributed by atoms with Crippen LogP contribution in [0.2, 0.25) is 0 Å². The monoisotopic (exact) mass is 334 g/mol. The van der Waals surface area contributed by atoms with E-state index in [1.54, 1.807) is 11.1 Å². The number of amides is 1. The van der Waals surface area contributed by atoms with Crippen LogP contribution < -0.4 is 5.32 Å². The number of aryl methyl sites for hydroxylation is 1. The van der Waals surface area contributed by atoms with Gasteiger partial charge in [0, 0.05) is 32.9 Å². The summed E-state index contributed by atoms with van der Waals surface area (Å²) in [7, 11) is 1.93. The number of carbonyl (C=O) groups is 1. The summed E-state index contributed by atoms with van der Waals surface area (Å²) < 4.78 is 7.32. The molecule has 3 rings (SSSR count). The number of aromatic nitrogens is 2. The molecule has 2 aliphatic heterocycles. The van der Waals surface area contributed by atoms with Crippen molar-refractivity contribution in [2.24, 2.45) is 12.0 Å². The van der Waals surface area contributed by atoms with Crippen LogP contribution in [0.15, 0.2) is 17.3 Å². The standard InChI is InChI=1S/C16H26N6O2/c1-16(2,3)24-15(23)21-7-8-22-13(11-21)10-18-14(22)17-9-12-5-6-19-20(12)4/h5-6,13H,7-11H2,1-4H3,(H,17,18). The Balaban J connectivity index is 1.53. The fourth-order valence-corrected chi connectivity index (χ4v) is 2.97. The maximum Gasteiger partial charge on any atom is 0.410 e. The number of nitrogens with one attached hydrogen (secondary N) is 1. The maximum absolute atomic E-state index is 12.2. The molecule has 8 nitrogen and oxygen atoms in total. The zero-order valence-corrected chi connectivity index (χ0v) is 14.8. The number of piperazine rings is 1. The first-order valence-corrected chi connectivity index (χ1v) is 8.33. The Kier molecular flexibility index (Phi) is 4.38. The summed E-state index contributed by atoms with van der Waals surface area (Å²) in [4.78, 5) is 20.9.